The highest BCUT2D eigenvalue weighted by molar-refractivity contribution is 6.00. The largest absolute Gasteiger partial charge is 0.497 e. The molecule has 2 nitrogen and oxygen atoms in total. The molecule has 3 aromatic rings. The number of hydrogen-bond acceptors (Lipinski definition) is 2. The first-order valence-electron chi connectivity index (χ1n) is 5.77. The Morgan fingerprint density at radius 3 is 2.17 bits per heavy atom. The van der Waals surface area contributed by atoms with Crippen molar-refractivity contribution in [2.24, 2.45) is 0 Å². The summed E-state index contributed by atoms with van der Waals surface area (Å²) in [6, 6.07) is 15.9. The number of aldehydes is 1. The molecule has 0 amide bonds. The molecule has 3 aromatic carbocycles. The lowest BCUT2D eigenvalue weighted by Gasteiger charge is -2.05. The third-order valence-electron chi connectivity index (χ3n) is 3.16. The molecule has 18 heavy (non-hydrogen) atoms. The van der Waals surface area contributed by atoms with Crippen LogP contribution >= 0.6 is 0 Å². The fourth-order valence-electron chi connectivity index (χ4n) is 2.19. The zero-order chi connectivity index (χ0) is 12.5. The highest BCUT2D eigenvalue weighted by atomic mass is 16.5. The van der Waals surface area contributed by atoms with Crippen molar-refractivity contribution in [3.63, 3.8) is 0 Å². The molecule has 0 spiro atoms. The minimum absolute atomic E-state index is 0.704. The van der Waals surface area contributed by atoms with Gasteiger partial charge in [-0.3, -0.25) is 4.79 Å². The van der Waals surface area contributed by atoms with Crippen molar-refractivity contribution in [1.29, 1.82) is 0 Å². The molecule has 0 aliphatic carbocycles. The first-order chi connectivity index (χ1) is 8.80. The van der Waals surface area contributed by atoms with Gasteiger partial charge in [-0.25, -0.2) is 0 Å². The van der Waals surface area contributed by atoms with E-state index in [1.54, 1.807) is 7.11 Å². The Bertz CT molecular complexity index is 745. The summed E-state index contributed by atoms with van der Waals surface area (Å²) < 4.78 is 5.22. The van der Waals surface area contributed by atoms with E-state index >= 15 is 0 Å². The molecule has 0 bridgehead atoms. The average Bonchev–Trinajstić information content (AvgIpc) is 2.43. The summed E-state index contributed by atoms with van der Waals surface area (Å²) in [6.45, 7) is 0. The maximum Gasteiger partial charge on any atom is 0.150 e. The third kappa shape index (κ3) is 1.72. The average molecular weight is 236 g/mol. The van der Waals surface area contributed by atoms with Gasteiger partial charge in [-0.1, -0.05) is 18.2 Å². The quantitative estimate of drug-likeness (QED) is 0.499. The first kappa shape index (κ1) is 10.8. The van der Waals surface area contributed by atoms with Crippen molar-refractivity contribution in [3.05, 3.63) is 54.1 Å². The van der Waals surface area contributed by atoms with Crippen LogP contribution in [0, 0.1) is 0 Å². The summed E-state index contributed by atoms with van der Waals surface area (Å²) in [7, 11) is 1.67. The number of hydrogen-bond donors (Lipinski definition) is 0. The van der Waals surface area contributed by atoms with Crippen molar-refractivity contribution in [2.45, 2.75) is 0 Å². The van der Waals surface area contributed by atoms with E-state index in [4.69, 9.17) is 4.74 Å². The van der Waals surface area contributed by atoms with Crippen LogP contribution in [-0.4, -0.2) is 13.4 Å². The summed E-state index contributed by atoms with van der Waals surface area (Å²) in [5, 5.41) is 4.49. The molecule has 0 aliphatic heterocycles. The van der Waals surface area contributed by atoms with Gasteiger partial charge in [0.25, 0.3) is 0 Å². The van der Waals surface area contributed by atoms with Gasteiger partial charge >= 0.3 is 0 Å². The second-order valence-electron chi connectivity index (χ2n) is 4.29. The van der Waals surface area contributed by atoms with E-state index < -0.39 is 0 Å². The van der Waals surface area contributed by atoms with Gasteiger partial charge in [0, 0.05) is 5.56 Å². The van der Waals surface area contributed by atoms with Crippen LogP contribution in [0.3, 0.4) is 0 Å². The summed E-state index contributed by atoms with van der Waals surface area (Å²) >= 11 is 0. The molecule has 0 saturated heterocycles. The Morgan fingerprint density at radius 2 is 1.50 bits per heavy atom. The van der Waals surface area contributed by atoms with E-state index in [1.807, 2.05) is 36.4 Å². The Balaban J connectivity index is 2.31. The van der Waals surface area contributed by atoms with Gasteiger partial charge in [-0.05, 0) is 51.9 Å². The smallest absolute Gasteiger partial charge is 0.150 e. The van der Waals surface area contributed by atoms with E-state index in [0.717, 1.165) is 33.6 Å². The molecule has 0 heterocycles. The standard InChI is InChI=1S/C16H12O2/c1-18-16-5-4-13-7-14-6-11(10-17)2-3-12(14)8-15(13)9-16/h2-10H,1H3. The van der Waals surface area contributed by atoms with E-state index in [9.17, 15) is 4.79 Å². The van der Waals surface area contributed by atoms with Crippen molar-refractivity contribution >= 4 is 27.8 Å². The normalized spacial score (nSPS) is 10.7. The molecule has 2 heteroatoms. The van der Waals surface area contributed by atoms with Crippen LogP contribution in [0.4, 0.5) is 0 Å². The zero-order valence-electron chi connectivity index (χ0n) is 10.0. The van der Waals surface area contributed by atoms with Crippen LogP contribution in [0.2, 0.25) is 0 Å². The molecule has 88 valence electrons. The van der Waals surface area contributed by atoms with Gasteiger partial charge in [0.1, 0.15) is 12.0 Å². The topological polar surface area (TPSA) is 26.3 Å². The van der Waals surface area contributed by atoms with Crippen LogP contribution in [0.5, 0.6) is 5.75 Å². The molecule has 0 atom stereocenters. The number of methoxy groups -OCH3 is 1. The first-order valence-corrected chi connectivity index (χ1v) is 5.77. The third-order valence-corrected chi connectivity index (χ3v) is 3.16. The lowest BCUT2D eigenvalue weighted by Crippen LogP contribution is -1.84. The molecule has 0 saturated carbocycles. The van der Waals surface area contributed by atoms with Crippen LogP contribution in [-0.2, 0) is 0 Å². The molecule has 3 rings (SSSR count). The molecule has 0 radical (unpaired) electrons. The number of fused-ring (bicyclic) bond motifs is 2. The van der Waals surface area contributed by atoms with Crippen LogP contribution in [0.25, 0.3) is 21.5 Å². The number of carbonyl (C=O) groups excluding carboxylic acids is 1. The van der Waals surface area contributed by atoms with Gasteiger partial charge in [-0.15, -0.1) is 0 Å². The van der Waals surface area contributed by atoms with Gasteiger partial charge in [0.05, 0.1) is 7.11 Å². The van der Waals surface area contributed by atoms with Crippen molar-refractivity contribution in [2.75, 3.05) is 7.11 Å². The lowest BCUT2D eigenvalue weighted by molar-refractivity contribution is 0.112. The Kier molecular flexibility index (Phi) is 2.49. The molecule has 0 aliphatic rings. The van der Waals surface area contributed by atoms with Gasteiger partial charge in [0.2, 0.25) is 0 Å². The predicted octanol–water partition coefficient (Wildman–Crippen LogP) is 3.81. The summed E-state index contributed by atoms with van der Waals surface area (Å²) in [4.78, 5) is 10.8. The van der Waals surface area contributed by atoms with Crippen molar-refractivity contribution in [3.8, 4) is 5.75 Å². The van der Waals surface area contributed by atoms with Gasteiger partial charge < -0.3 is 4.74 Å². The molecule has 0 fully saturated rings. The maximum absolute atomic E-state index is 10.8. The van der Waals surface area contributed by atoms with Gasteiger partial charge in [-0.2, -0.15) is 0 Å². The minimum atomic E-state index is 0.704. The predicted molar refractivity (Wildman–Crippen MR) is 73.4 cm³/mol. The van der Waals surface area contributed by atoms with Crippen molar-refractivity contribution < 1.29 is 9.53 Å². The second-order valence-corrected chi connectivity index (χ2v) is 4.29. The van der Waals surface area contributed by atoms with E-state index in [-0.39, 0.29) is 0 Å². The summed E-state index contributed by atoms with van der Waals surface area (Å²) in [5.74, 6) is 0.853. The number of benzene rings is 3. The van der Waals surface area contributed by atoms with Crippen LogP contribution < -0.4 is 4.74 Å². The minimum Gasteiger partial charge on any atom is -0.497 e. The molecular formula is C16H12O2. The zero-order valence-corrected chi connectivity index (χ0v) is 10.0. The van der Waals surface area contributed by atoms with Crippen LogP contribution in [0.15, 0.2) is 48.5 Å². The summed E-state index contributed by atoms with van der Waals surface area (Å²) in [6.07, 6.45) is 0.873. The second kappa shape index (κ2) is 4.15. The van der Waals surface area contributed by atoms with Crippen molar-refractivity contribution in [1.82, 2.24) is 0 Å². The van der Waals surface area contributed by atoms with E-state index in [2.05, 4.69) is 12.1 Å². The number of carbonyl (C=O) groups is 1. The highest BCUT2D eigenvalue weighted by Crippen LogP contribution is 2.26. The molecular weight excluding hydrogens is 224 g/mol. The highest BCUT2D eigenvalue weighted by Gasteiger charge is 2.01. The maximum atomic E-state index is 10.8. The fourth-order valence-corrected chi connectivity index (χ4v) is 2.19. The number of ether oxygens (including phenoxy) is 1. The summed E-state index contributed by atoms with van der Waals surface area (Å²) in [5.41, 5.74) is 0.704. The molecule has 0 aromatic heterocycles. The number of rotatable bonds is 2. The Labute approximate surface area is 105 Å². The van der Waals surface area contributed by atoms with E-state index in [0.29, 0.717) is 5.56 Å². The Hall–Kier alpha value is -2.35. The monoisotopic (exact) mass is 236 g/mol. The SMILES string of the molecule is COc1ccc2cc3cc(C=O)ccc3cc2c1. The molecule has 0 N–H and O–H groups in total. The lowest BCUT2D eigenvalue weighted by atomic mass is 10.0. The van der Waals surface area contributed by atoms with Gasteiger partial charge in [0.15, 0.2) is 0 Å². The van der Waals surface area contributed by atoms with Crippen LogP contribution in [0.1, 0.15) is 10.4 Å². The Morgan fingerprint density at radius 1 is 0.833 bits per heavy atom. The fraction of sp³-hybridized carbons (Fsp3) is 0.0625. The molecule has 0 unspecified atom stereocenters. The van der Waals surface area contributed by atoms with E-state index in [1.165, 1.54) is 0 Å².